The third-order valence-corrected chi connectivity index (χ3v) is 7.42. The molecule has 1 aromatic heterocycles. The van der Waals surface area contributed by atoms with E-state index in [9.17, 15) is 14.4 Å². The number of nitrogens with zero attached hydrogens (tertiary/aromatic N) is 1. The molecule has 2 aromatic carbocycles. The van der Waals surface area contributed by atoms with E-state index < -0.39 is 17.6 Å². The van der Waals surface area contributed by atoms with Crippen molar-refractivity contribution in [3.8, 4) is 0 Å². The summed E-state index contributed by atoms with van der Waals surface area (Å²) < 4.78 is 5.18. The summed E-state index contributed by atoms with van der Waals surface area (Å²) in [5, 5.41) is 13.1. The van der Waals surface area contributed by atoms with E-state index in [0.29, 0.717) is 24.4 Å². The van der Waals surface area contributed by atoms with Crippen LogP contribution >= 0.6 is 11.3 Å². The van der Waals surface area contributed by atoms with Gasteiger partial charge < -0.3 is 20.7 Å². The molecule has 9 nitrogen and oxygen atoms in total. The van der Waals surface area contributed by atoms with Crippen LogP contribution in [0.5, 0.6) is 0 Å². The maximum absolute atomic E-state index is 12.6. The molecule has 0 saturated carbocycles. The fourth-order valence-corrected chi connectivity index (χ4v) is 5.23. The Morgan fingerprint density at radius 3 is 2.14 bits per heavy atom. The van der Waals surface area contributed by atoms with Crippen molar-refractivity contribution in [2.75, 3.05) is 19.6 Å². The Kier molecular flexibility index (Phi) is 12.3. The maximum Gasteiger partial charge on any atom is 0.320 e. The first-order chi connectivity index (χ1) is 20.0. The lowest BCUT2D eigenvalue weighted by molar-refractivity contribution is -0.153. The minimum absolute atomic E-state index is 0.000905. The minimum Gasteiger partial charge on any atom is -0.459 e. The molecule has 1 fully saturated rings. The van der Waals surface area contributed by atoms with Crippen LogP contribution in [0.25, 0.3) is 0 Å². The van der Waals surface area contributed by atoms with E-state index in [-0.39, 0.29) is 30.7 Å². The van der Waals surface area contributed by atoms with Gasteiger partial charge in [-0.25, -0.2) is 0 Å². The lowest BCUT2D eigenvalue weighted by atomic mass is 10.1. The summed E-state index contributed by atoms with van der Waals surface area (Å²) in [4.78, 5) is 39.8. The molecule has 3 aromatic rings. The highest BCUT2D eigenvalue weighted by molar-refractivity contribution is 7.14. The molecular weight excluding hydrogens is 550 g/mol. The number of likely N-dealkylation sites (tertiary alicyclic amines) is 1. The molecule has 1 atom stereocenters. The van der Waals surface area contributed by atoms with Crippen molar-refractivity contribution in [3.63, 3.8) is 0 Å². The number of hydrogen-bond acceptors (Lipinski definition) is 7. The molecule has 1 saturated heterocycles. The number of nitrogens with one attached hydrogen (secondary N) is 3. The van der Waals surface area contributed by atoms with Gasteiger partial charge in [0.05, 0.1) is 24.5 Å². The lowest BCUT2D eigenvalue weighted by Gasteiger charge is -2.24. The molecule has 4 rings (SSSR count). The normalized spacial score (nSPS) is 14.5. The number of carbonyl (C=O) groups excluding carboxylic acids is 3. The van der Waals surface area contributed by atoms with Crippen molar-refractivity contribution in [2.24, 2.45) is 5.73 Å². The van der Waals surface area contributed by atoms with Gasteiger partial charge in [-0.15, -0.1) is 11.3 Å². The van der Waals surface area contributed by atoms with Gasteiger partial charge in [0.15, 0.2) is 0 Å². The third-order valence-electron chi connectivity index (χ3n) is 6.30. The predicted octanol–water partition coefficient (Wildman–Crippen LogP) is 3.85. The number of ether oxygens (including phenoxy) is 1. The van der Waals surface area contributed by atoms with E-state index in [1.165, 1.54) is 22.5 Å². The Morgan fingerprint density at radius 1 is 0.976 bits per heavy atom. The van der Waals surface area contributed by atoms with Gasteiger partial charge in [-0.05, 0) is 63.3 Å². The molecular formula is C32H41N5O4S. The number of esters is 1. The first-order valence-electron chi connectivity index (χ1n) is 14.0. The molecule has 0 aliphatic carbocycles. The smallest absolute Gasteiger partial charge is 0.320 e. The Hall–Kier alpha value is -4.02. The van der Waals surface area contributed by atoms with Gasteiger partial charge in [0, 0.05) is 11.4 Å². The van der Waals surface area contributed by atoms with Crippen LogP contribution in [0.1, 0.15) is 54.5 Å². The molecule has 0 bridgehead atoms. The summed E-state index contributed by atoms with van der Waals surface area (Å²) in [7, 11) is 0. The fourth-order valence-electron chi connectivity index (χ4n) is 4.43. The van der Waals surface area contributed by atoms with Crippen molar-refractivity contribution >= 4 is 35.0 Å². The molecule has 224 valence electrons. The number of thiophene rings is 1. The molecule has 42 heavy (non-hydrogen) atoms. The molecule has 1 aliphatic rings. The third kappa shape index (κ3) is 11.1. The molecule has 2 heterocycles. The maximum atomic E-state index is 12.6. The number of nitrogen functional groups attached to an aromatic ring is 1. The van der Waals surface area contributed by atoms with Crippen molar-refractivity contribution in [3.05, 3.63) is 93.7 Å². The van der Waals surface area contributed by atoms with Crippen LogP contribution in [-0.4, -0.2) is 59.8 Å². The van der Waals surface area contributed by atoms with Crippen molar-refractivity contribution < 1.29 is 19.1 Å². The monoisotopic (exact) mass is 591 g/mol. The van der Waals surface area contributed by atoms with Crippen LogP contribution in [0, 0.1) is 5.41 Å². The van der Waals surface area contributed by atoms with E-state index in [1.54, 1.807) is 31.7 Å². The second-order valence-electron chi connectivity index (χ2n) is 11.0. The summed E-state index contributed by atoms with van der Waals surface area (Å²) in [6.07, 6.45) is 2.39. The highest BCUT2D eigenvalue weighted by Gasteiger charge is 2.33. The summed E-state index contributed by atoms with van der Waals surface area (Å²) >= 11 is 1.35. The van der Waals surface area contributed by atoms with E-state index in [1.807, 2.05) is 6.07 Å². The van der Waals surface area contributed by atoms with Gasteiger partial charge in [0.1, 0.15) is 17.5 Å². The molecule has 1 aliphatic heterocycles. The molecule has 0 radical (unpaired) electrons. The zero-order chi connectivity index (χ0) is 30.5. The molecule has 2 amide bonds. The van der Waals surface area contributed by atoms with Gasteiger partial charge in [0.25, 0.3) is 0 Å². The highest BCUT2D eigenvalue weighted by atomic mass is 32.1. The summed E-state index contributed by atoms with van der Waals surface area (Å²) in [5.74, 6) is -0.858. The lowest BCUT2D eigenvalue weighted by Crippen LogP contribution is -2.48. The summed E-state index contributed by atoms with van der Waals surface area (Å²) in [5.41, 5.74) is 7.61. The second kappa shape index (κ2) is 15.8. The quantitative estimate of drug-likeness (QED) is 0.161. The Morgan fingerprint density at radius 2 is 1.60 bits per heavy atom. The summed E-state index contributed by atoms with van der Waals surface area (Å²) in [6.45, 7) is 6.08. The zero-order valence-corrected chi connectivity index (χ0v) is 25.3. The van der Waals surface area contributed by atoms with Crippen molar-refractivity contribution in [2.45, 2.75) is 58.2 Å². The number of nitrogens with two attached hydrogens (primary N) is 1. The Balaban J connectivity index is 0.000000307. The average Bonchev–Trinajstić information content (AvgIpc) is 3.63. The van der Waals surface area contributed by atoms with Gasteiger partial charge in [0.2, 0.25) is 11.8 Å². The molecule has 10 heteroatoms. The number of carbonyl (C=O) groups is 3. The van der Waals surface area contributed by atoms with Crippen molar-refractivity contribution in [1.29, 1.82) is 5.41 Å². The average molecular weight is 592 g/mol. The number of benzene rings is 2. The fraction of sp³-hybridized carbons (Fsp3) is 0.375. The van der Waals surface area contributed by atoms with Gasteiger partial charge in [-0.2, -0.15) is 0 Å². The largest absolute Gasteiger partial charge is 0.459 e. The van der Waals surface area contributed by atoms with Crippen LogP contribution < -0.4 is 16.4 Å². The Bertz CT molecular complexity index is 1280. The van der Waals surface area contributed by atoms with Crippen LogP contribution in [0.3, 0.4) is 0 Å². The second-order valence-corrected chi connectivity index (χ2v) is 12.1. The van der Waals surface area contributed by atoms with E-state index >= 15 is 0 Å². The summed E-state index contributed by atoms with van der Waals surface area (Å²) in [6, 6.07) is 24.1. The standard InChI is InChI=1S/C19H29N5O4S.C13H12/c1-19(2,3)28-16(26)11-22-10-15(25)24-8-4-5-13(24)18(27)23-9-12-6-7-14(29-12)17(20)21;1-3-7-12(8-4-1)11-13-9-5-2-6-10-13/h6-7,13,22H,4-5,8-11H2,1-3H3,(H3,20,21)(H,23,27);1-10H,11H2. The first-order valence-corrected chi connectivity index (χ1v) is 14.8. The molecule has 0 spiro atoms. The number of rotatable bonds is 10. The van der Waals surface area contributed by atoms with Gasteiger partial charge in [-0.1, -0.05) is 60.7 Å². The number of hydrogen-bond donors (Lipinski definition) is 4. The molecule has 1 unspecified atom stereocenters. The van der Waals surface area contributed by atoms with E-state index in [2.05, 4.69) is 71.3 Å². The van der Waals surface area contributed by atoms with Crippen molar-refractivity contribution in [1.82, 2.24) is 15.5 Å². The Labute approximate surface area is 252 Å². The van der Waals surface area contributed by atoms with Gasteiger partial charge in [-0.3, -0.25) is 25.1 Å². The number of amides is 2. The predicted molar refractivity (Wildman–Crippen MR) is 166 cm³/mol. The van der Waals surface area contributed by atoms with Gasteiger partial charge >= 0.3 is 5.97 Å². The minimum atomic E-state index is -0.575. The highest BCUT2D eigenvalue weighted by Crippen LogP contribution is 2.19. The topological polar surface area (TPSA) is 138 Å². The van der Waals surface area contributed by atoms with Crippen LogP contribution in [0.4, 0.5) is 0 Å². The molecule has 5 N–H and O–H groups in total. The van der Waals surface area contributed by atoms with Crippen LogP contribution in [0.15, 0.2) is 72.8 Å². The van der Waals surface area contributed by atoms with E-state index in [4.69, 9.17) is 15.9 Å². The first kappa shape index (κ1) is 32.5. The zero-order valence-electron chi connectivity index (χ0n) is 24.5. The van der Waals surface area contributed by atoms with Crippen LogP contribution in [-0.2, 0) is 32.1 Å². The van der Waals surface area contributed by atoms with E-state index in [0.717, 1.165) is 17.7 Å². The SMILES string of the molecule is CC(C)(C)OC(=O)CNCC(=O)N1CCCC1C(=O)NCc1ccc(C(=N)N)s1.c1ccc(Cc2ccccc2)cc1. The number of amidine groups is 1. The van der Waals surface area contributed by atoms with Crippen LogP contribution in [0.2, 0.25) is 0 Å².